The van der Waals surface area contributed by atoms with E-state index < -0.39 is 0 Å². The zero-order valence-electron chi connectivity index (χ0n) is 18.0. The van der Waals surface area contributed by atoms with E-state index in [9.17, 15) is 5.11 Å². The summed E-state index contributed by atoms with van der Waals surface area (Å²) in [7, 11) is 0. The lowest BCUT2D eigenvalue weighted by Crippen LogP contribution is -2.26. The number of aliphatic hydroxyl groups excluding tert-OH is 1. The molecule has 0 radical (unpaired) electrons. The van der Waals surface area contributed by atoms with Gasteiger partial charge >= 0.3 is 0 Å². The van der Waals surface area contributed by atoms with Gasteiger partial charge in [0.05, 0.1) is 24.9 Å². The Hall–Kier alpha value is -0.900. The van der Waals surface area contributed by atoms with E-state index in [1.807, 2.05) is 6.07 Å². The van der Waals surface area contributed by atoms with Crippen molar-refractivity contribution in [2.45, 2.75) is 115 Å². The molecule has 3 atom stereocenters. The first-order valence-corrected chi connectivity index (χ1v) is 11.7. The highest BCUT2D eigenvalue weighted by molar-refractivity contribution is 5.13. The minimum Gasteiger partial charge on any atom is -0.390 e. The molecule has 0 bridgehead atoms. The van der Waals surface area contributed by atoms with E-state index in [-0.39, 0.29) is 12.2 Å². The molecule has 1 N–H and O–H groups in total. The van der Waals surface area contributed by atoms with Crippen LogP contribution in [-0.2, 0) is 16.1 Å². The van der Waals surface area contributed by atoms with Gasteiger partial charge in [0, 0.05) is 6.61 Å². The van der Waals surface area contributed by atoms with Crippen molar-refractivity contribution < 1.29 is 14.6 Å². The summed E-state index contributed by atoms with van der Waals surface area (Å²) in [4.78, 5) is 0. The third-order valence-electron chi connectivity index (χ3n) is 5.85. The van der Waals surface area contributed by atoms with Gasteiger partial charge in [0.15, 0.2) is 0 Å². The normalized spacial score (nSPS) is 20.5. The second-order valence-corrected chi connectivity index (χ2v) is 8.39. The molecule has 1 heterocycles. The van der Waals surface area contributed by atoms with Crippen molar-refractivity contribution in [3.05, 3.63) is 35.9 Å². The number of hydrogen-bond acceptors (Lipinski definition) is 3. The molecular weight excluding hydrogens is 348 g/mol. The number of aliphatic hydroxyl groups is 1. The largest absolute Gasteiger partial charge is 0.390 e. The maximum Gasteiger partial charge on any atom is 0.0838 e. The molecule has 0 aliphatic carbocycles. The summed E-state index contributed by atoms with van der Waals surface area (Å²) < 4.78 is 11.9. The molecule has 0 spiro atoms. The van der Waals surface area contributed by atoms with Gasteiger partial charge in [-0.3, -0.25) is 0 Å². The number of rotatable bonds is 16. The van der Waals surface area contributed by atoms with Crippen LogP contribution in [0.5, 0.6) is 0 Å². The molecule has 160 valence electrons. The van der Waals surface area contributed by atoms with Crippen molar-refractivity contribution in [1.29, 1.82) is 0 Å². The van der Waals surface area contributed by atoms with Crippen LogP contribution in [0.15, 0.2) is 30.3 Å². The average Bonchev–Trinajstić information content (AvgIpc) is 3.19. The highest BCUT2D eigenvalue weighted by atomic mass is 16.5. The second kappa shape index (κ2) is 15.0. The first-order chi connectivity index (χ1) is 13.8. The monoisotopic (exact) mass is 390 g/mol. The molecule has 0 saturated carbocycles. The van der Waals surface area contributed by atoms with E-state index in [2.05, 4.69) is 31.2 Å². The Morgan fingerprint density at radius 3 is 2.54 bits per heavy atom. The SMILES string of the molecule is CCCCCCCC[C@@H](O)[C@H]1CC[C@H](CCCCCOCc2ccccc2)O1. The van der Waals surface area contributed by atoms with Gasteiger partial charge in [-0.1, -0.05) is 88.6 Å². The first-order valence-electron chi connectivity index (χ1n) is 11.7. The molecule has 0 amide bonds. The molecule has 2 rings (SSSR count). The molecule has 1 aromatic carbocycles. The van der Waals surface area contributed by atoms with Gasteiger partial charge in [-0.2, -0.15) is 0 Å². The van der Waals surface area contributed by atoms with Crippen LogP contribution in [0.4, 0.5) is 0 Å². The highest BCUT2D eigenvalue weighted by Crippen LogP contribution is 2.27. The number of hydrogen-bond donors (Lipinski definition) is 1. The molecule has 1 aliphatic rings. The van der Waals surface area contributed by atoms with Crippen molar-refractivity contribution >= 4 is 0 Å². The fourth-order valence-corrected chi connectivity index (χ4v) is 4.07. The molecule has 1 aromatic rings. The third kappa shape index (κ3) is 10.0. The molecule has 3 nitrogen and oxygen atoms in total. The van der Waals surface area contributed by atoms with Gasteiger partial charge in [0.1, 0.15) is 0 Å². The van der Waals surface area contributed by atoms with E-state index in [1.165, 1.54) is 50.5 Å². The zero-order chi connectivity index (χ0) is 19.9. The summed E-state index contributed by atoms with van der Waals surface area (Å²) >= 11 is 0. The van der Waals surface area contributed by atoms with E-state index >= 15 is 0 Å². The summed E-state index contributed by atoms with van der Waals surface area (Å²) in [5.41, 5.74) is 1.24. The van der Waals surface area contributed by atoms with Gasteiger partial charge in [0.25, 0.3) is 0 Å². The van der Waals surface area contributed by atoms with E-state index in [0.29, 0.717) is 12.7 Å². The van der Waals surface area contributed by atoms with Gasteiger partial charge in [-0.15, -0.1) is 0 Å². The Bertz CT molecular complexity index is 476. The third-order valence-corrected chi connectivity index (χ3v) is 5.85. The van der Waals surface area contributed by atoms with Crippen LogP contribution < -0.4 is 0 Å². The van der Waals surface area contributed by atoms with Gasteiger partial charge < -0.3 is 14.6 Å². The Balaban J connectivity index is 1.42. The van der Waals surface area contributed by atoms with Crippen molar-refractivity contribution in [2.24, 2.45) is 0 Å². The fraction of sp³-hybridized carbons (Fsp3) is 0.760. The van der Waals surface area contributed by atoms with Crippen LogP contribution in [0.3, 0.4) is 0 Å². The lowest BCUT2D eigenvalue weighted by Gasteiger charge is -2.19. The summed E-state index contributed by atoms with van der Waals surface area (Å²) in [5.74, 6) is 0. The Labute approximate surface area is 172 Å². The van der Waals surface area contributed by atoms with Crippen LogP contribution in [0.25, 0.3) is 0 Å². The quantitative estimate of drug-likeness (QED) is 0.331. The van der Waals surface area contributed by atoms with Crippen LogP contribution in [0.2, 0.25) is 0 Å². The Morgan fingerprint density at radius 1 is 0.964 bits per heavy atom. The molecular formula is C25H42O3. The van der Waals surface area contributed by atoms with Gasteiger partial charge in [-0.05, 0) is 37.7 Å². The molecule has 1 fully saturated rings. The van der Waals surface area contributed by atoms with Gasteiger partial charge in [0.2, 0.25) is 0 Å². The standard InChI is InChI=1S/C25H42O3/c1-2-3-4-5-6-12-17-24(26)25-19-18-23(28-25)16-11-8-13-20-27-21-22-14-9-7-10-15-22/h7,9-10,14-15,23-26H,2-6,8,11-13,16-21H2,1H3/t23-,24+,25+/m0/s1. The molecule has 0 unspecified atom stereocenters. The predicted octanol–water partition coefficient (Wildman–Crippen LogP) is 6.42. The van der Waals surface area contributed by atoms with E-state index in [1.54, 1.807) is 0 Å². The van der Waals surface area contributed by atoms with Crippen LogP contribution in [0.1, 0.15) is 96.0 Å². The van der Waals surface area contributed by atoms with E-state index in [0.717, 1.165) is 45.1 Å². The van der Waals surface area contributed by atoms with Crippen molar-refractivity contribution in [2.75, 3.05) is 6.61 Å². The molecule has 3 heteroatoms. The summed E-state index contributed by atoms with van der Waals surface area (Å²) in [6.45, 7) is 3.79. The smallest absolute Gasteiger partial charge is 0.0838 e. The summed E-state index contributed by atoms with van der Waals surface area (Å²) in [6.07, 6.45) is 15.5. The predicted molar refractivity (Wildman–Crippen MR) is 116 cm³/mol. The average molecular weight is 391 g/mol. The minimum absolute atomic E-state index is 0.0786. The topological polar surface area (TPSA) is 38.7 Å². The lowest BCUT2D eigenvalue weighted by molar-refractivity contribution is -0.0402. The molecule has 1 aliphatic heterocycles. The zero-order valence-corrected chi connectivity index (χ0v) is 18.0. The van der Waals surface area contributed by atoms with Crippen molar-refractivity contribution in [3.8, 4) is 0 Å². The first kappa shape index (κ1) is 23.4. The molecule has 1 saturated heterocycles. The number of ether oxygens (including phenoxy) is 2. The molecule has 0 aromatic heterocycles. The highest BCUT2D eigenvalue weighted by Gasteiger charge is 2.29. The summed E-state index contributed by atoms with van der Waals surface area (Å²) in [6, 6.07) is 10.4. The van der Waals surface area contributed by atoms with Crippen LogP contribution in [0, 0.1) is 0 Å². The lowest BCUT2D eigenvalue weighted by atomic mass is 10.0. The van der Waals surface area contributed by atoms with Crippen LogP contribution in [-0.4, -0.2) is 30.0 Å². The van der Waals surface area contributed by atoms with Crippen molar-refractivity contribution in [1.82, 2.24) is 0 Å². The maximum atomic E-state index is 10.4. The maximum absolute atomic E-state index is 10.4. The summed E-state index contributed by atoms with van der Waals surface area (Å²) in [5, 5.41) is 10.4. The Morgan fingerprint density at radius 2 is 1.71 bits per heavy atom. The van der Waals surface area contributed by atoms with E-state index in [4.69, 9.17) is 9.47 Å². The number of benzene rings is 1. The minimum atomic E-state index is -0.262. The van der Waals surface area contributed by atoms with Crippen molar-refractivity contribution in [3.63, 3.8) is 0 Å². The van der Waals surface area contributed by atoms with Crippen LogP contribution >= 0.6 is 0 Å². The Kier molecular flexibility index (Phi) is 12.5. The van der Waals surface area contributed by atoms with Gasteiger partial charge in [-0.25, -0.2) is 0 Å². The fourth-order valence-electron chi connectivity index (χ4n) is 4.07. The number of unbranched alkanes of at least 4 members (excludes halogenated alkanes) is 7. The second-order valence-electron chi connectivity index (χ2n) is 8.39. The molecule has 28 heavy (non-hydrogen) atoms.